The largest absolute Gasteiger partial charge is 0.481 e. The minimum absolute atomic E-state index is 0.00456. The van der Waals surface area contributed by atoms with Gasteiger partial charge in [0.2, 0.25) is 5.89 Å². The lowest BCUT2D eigenvalue weighted by Crippen LogP contribution is -2.11. The predicted molar refractivity (Wildman–Crippen MR) is 72.7 cm³/mol. The third kappa shape index (κ3) is 3.22. The van der Waals surface area contributed by atoms with Crippen molar-refractivity contribution in [1.29, 1.82) is 0 Å². The number of carbonyl (C=O) groups is 1. The fourth-order valence-electron chi connectivity index (χ4n) is 1.68. The highest BCUT2D eigenvalue weighted by molar-refractivity contribution is 7.94. The third-order valence-electron chi connectivity index (χ3n) is 2.82. The van der Waals surface area contributed by atoms with Crippen molar-refractivity contribution in [2.75, 3.05) is 4.72 Å². The molecule has 0 aromatic carbocycles. The van der Waals surface area contributed by atoms with Crippen molar-refractivity contribution >= 4 is 33.3 Å². The highest BCUT2D eigenvalue weighted by Gasteiger charge is 2.30. The first-order valence-corrected chi connectivity index (χ1v) is 8.41. The highest BCUT2D eigenvalue weighted by Crippen LogP contribution is 2.39. The SMILES string of the molecule is O=C(O)Cc1ccc(S(=O)(=O)Nc2nnc(C3CC3)o2)s1. The van der Waals surface area contributed by atoms with Crippen LogP contribution in [0.2, 0.25) is 0 Å². The van der Waals surface area contributed by atoms with Crippen molar-refractivity contribution in [3.63, 3.8) is 0 Å². The van der Waals surface area contributed by atoms with E-state index >= 15 is 0 Å². The molecule has 0 atom stereocenters. The van der Waals surface area contributed by atoms with Gasteiger partial charge in [0, 0.05) is 10.8 Å². The molecule has 0 aliphatic heterocycles. The zero-order chi connectivity index (χ0) is 15.0. The van der Waals surface area contributed by atoms with E-state index in [1.54, 1.807) is 0 Å². The number of thiophene rings is 1. The van der Waals surface area contributed by atoms with Gasteiger partial charge < -0.3 is 9.52 Å². The van der Waals surface area contributed by atoms with Gasteiger partial charge in [-0.05, 0) is 25.0 Å². The summed E-state index contributed by atoms with van der Waals surface area (Å²) in [5.41, 5.74) is 0. The quantitative estimate of drug-likeness (QED) is 0.822. The molecule has 1 saturated carbocycles. The van der Waals surface area contributed by atoms with E-state index in [0.29, 0.717) is 10.8 Å². The summed E-state index contributed by atoms with van der Waals surface area (Å²) in [6.07, 6.45) is 1.72. The lowest BCUT2D eigenvalue weighted by Gasteiger charge is -2.00. The Balaban J connectivity index is 1.75. The summed E-state index contributed by atoms with van der Waals surface area (Å²) < 4.78 is 31.7. The van der Waals surface area contributed by atoms with Crippen LogP contribution in [-0.4, -0.2) is 29.7 Å². The summed E-state index contributed by atoms with van der Waals surface area (Å²) in [6.45, 7) is 0. The summed E-state index contributed by atoms with van der Waals surface area (Å²) in [5, 5.41) is 16.1. The molecule has 0 bridgehead atoms. The maximum Gasteiger partial charge on any atom is 0.329 e. The number of nitrogens with zero attached hydrogens (tertiary/aromatic N) is 2. The van der Waals surface area contributed by atoms with Gasteiger partial charge in [0.25, 0.3) is 10.0 Å². The summed E-state index contributed by atoms with van der Waals surface area (Å²) in [7, 11) is -3.84. The molecule has 3 rings (SSSR count). The zero-order valence-corrected chi connectivity index (χ0v) is 12.3. The number of aromatic nitrogens is 2. The molecule has 21 heavy (non-hydrogen) atoms. The van der Waals surface area contributed by atoms with Gasteiger partial charge in [-0.15, -0.1) is 16.4 Å². The van der Waals surface area contributed by atoms with Gasteiger partial charge in [-0.3, -0.25) is 4.79 Å². The topological polar surface area (TPSA) is 122 Å². The number of carboxylic acid groups (broad SMARTS) is 1. The Kier molecular flexibility index (Phi) is 3.41. The van der Waals surface area contributed by atoms with Crippen LogP contribution in [0.5, 0.6) is 0 Å². The standard InChI is InChI=1S/C11H11N3O5S2/c15-8(16)5-7-3-4-9(20-7)21(17,18)14-11-13-12-10(19-11)6-1-2-6/h3-4,6H,1-2,5H2,(H,13,14)(H,15,16). The third-order valence-corrected chi connectivity index (χ3v) is 5.71. The highest BCUT2D eigenvalue weighted by atomic mass is 32.2. The molecule has 0 saturated heterocycles. The molecule has 1 aliphatic rings. The van der Waals surface area contributed by atoms with Crippen LogP contribution in [0.3, 0.4) is 0 Å². The van der Waals surface area contributed by atoms with Crippen molar-refractivity contribution in [3.05, 3.63) is 22.9 Å². The number of nitrogens with one attached hydrogen (secondary N) is 1. The molecule has 112 valence electrons. The molecule has 2 aromatic heterocycles. The van der Waals surface area contributed by atoms with Gasteiger partial charge in [0.05, 0.1) is 6.42 Å². The van der Waals surface area contributed by atoms with Crippen LogP contribution in [0.15, 0.2) is 20.8 Å². The number of hydrogen-bond acceptors (Lipinski definition) is 7. The monoisotopic (exact) mass is 329 g/mol. The van der Waals surface area contributed by atoms with Gasteiger partial charge in [0.15, 0.2) is 0 Å². The first-order valence-electron chi connectivity index (χ1n) is 6.11. The molecule has 0 amide bonds. The van der Waals surface area contributed by atoms with Crippen LogP contribution in [-0.2, 0) is 21.2 Å². The molecule has 0 spiro atoms. The van der Waals surface area contributed by atoms with Crippen molar-refractivity contribution in [2.45, 2.75) is 29.4 Å². The van der Waals surface area contributed by atoms with E-state index in [1.807, 2.05) is 0 Å². The van der Waals surface area contributed by atoms with Crippen molar-refractivity contribution in [3.8, 4) is 0 Å². The predicted octanol–water partition coefficient (Wildman–Crippen LogP) is 1.44. The molecular weight excluding hydrogens is 318 g/mol. The van der Waals surface area contributed by atoms with Crippen molar-refractivity contribution in [2.24, 2.45) is 0 Å². The lowest BCUT2D eigenvalue weighted by molar-refractivity contribution is -0.136. The van der Waals surface area contributed by atoms with Crippen LogP contribution in [0.25, 0.3) is 0 Å². The van der Waals surface area contributed by atoms with Crippen molar-refractivity contribution in [1.82, 2.24) is 10.2 Å². The Hall–Kier alpha value is -1.94. The van der Waals surface area contributed by atoms with Crippen molar-refractivity contribution < 1.29 is 22.7 Å². The second-order valence-corrected chi connectivity index (χ2v) is 7.69. The smallest absolute Gasteiger partial charge is 0.329 e. The van der Waals surface area contributed by atoms with Crippen LogP contribution in [0.4, 0.5) is 6.01 Å². The van der Waals surface area contributed by atoms with Gasteiger partial charge in [-0.25, -0.2) is 13.1 Å². The average molecular weight is 329 g/mol. The number of aliphatic carboxylic acids is 1. The Morgan fingerprint density at radius 1 is 1.43 bits per heavy atom. The lowest BCUT2D eigenvalue weighted by atomic mass is 10.3. The normalized spacial score (nSPS) is 15.0. The molecule has 1 aliphatic carbocycles. The summed E-state index contributed by atoms with van der Waals surface area (Å²) in [5.74, 6) is -0.343. The van der Waals surface area contributed by atoms with E-state index in [0.717, 1.165) is 24.2 Å². The maximum absolute atomic E-state index is 12.1. The molecule has 2 heterocycles. The van der Waals surface area contributed by atoms with E-state index in [2.05, 4.69) is 14.9 Å². The van der Waals surface area contributed by atoms with E-state index in [9.17, 15) is 13.2 Å². The minimum Gasteiger partial charge on any atom is -0.481 e. The van der Waals surface area contributed by atoms with Gasteiger partial charge in [-0.2, -0.15) is 0 Å². The number of anilines is 1. The minimum atomic E-state index is -3.84. The van der Waals surface area contributed by atoms with E-state index in [4.69, 9.17) is 9.52 Å². The Morgan fingerprint density at radius 2 is 2.19 bits per heavy atom. The van der Waals surface area contributed by atoms with Crippen LogP contribution >= 0.6 is 11.3 Å². The molecule has 1 fully saturated rings. The zero-order valence-electron chi connectivity index (χ0n) is 10.6. The van der Waals surface area contributed by atoms with Gasteiger partial charge in [-0.1, -0.05) is 5.10 Å². The van der Waals surface area contributed by atoms with Crippen LogP contribution in [0.1, 0.15) is 29.5 Å². The van der Waals surface area contributed by atoms with Gasteiger partial charge >= 0.3 is 12.0 Å². The number of rotatable bonds is 6. The summed E-state index contributed by atoms with van der Waals surface area (Å²) in [4.78, 5) is 11.1. The molecule has 0 radical (unpaired) electrons. The summed E-state index contributed by atoms with van der Waals surface area (Å²) >= 11 is 0.892. The van der Waals surface area contributed by atoms with Crippen LogP contribution < -0.4 is 4.72 Å². The Bertz CT molecular complexity index is 775. The fraction of sp³-hybridized carbons (Fsp3) is 0.364. The molecule has 2 aromatic rings. The second-order valence-electron chi connectivity index (χ2n) is 4.62. The summed E-state index contributed by atoms with van der Waals surface area (Å²) in [6, 6.07) is 2.64. The molecule has 0 unspecified atom stereocenters. The van der Waals surface area contributed by atoms with E-state index in [1.165, 1.54) is 12.1 Å². The molecule has 10 heteroatoms. The molecular formula is C11H11N3O5S2. The van der Waals surface area contributed by atoms with E-state index < -0.39 is 16.0 Å². The average Bonchev–Trinajstić information content (AvgIpc) is 2.95. The Labute approximate surface area is 123 Å². The van der Waals surface area contributed by atoms with Crippen LogP contribution in [0, 0.1) is 0 Å². The number of hydrogen-bond donors (Lipinski definition) is 2. The first-order chi connectivity index (χ1) is 9.94. The first kappa shape index (κ1) is 14.0. The number of carboxylic acids is 1. The fourth-order valence-corrected chi connectivity index (χ4v) is 3.95. The number of sulfonamides is 1. The molecule has 2 N–H and O–H groups in total. The van der Waals surface area contributed by atoms with E-state index in [-0.39, 0.29) is 22.6 Å². The maximum atomic E-state index is 12.1. The second kappa shape index (κ2) is 5.11. The van der Waals surface area contributed by atoms with Gasteiger partial charge in [0.1, 0.15) is 4.21 Å². The molecule has 8 nitrogen and oxygen atoms in total. The Morgan fingerprint density at radius 3 is 2.86 bits per heavy atom.